The first kappa shape index (κ1) is 20.9. The van der Waals surface area contributed by atoms with Crippen LogP contribution < -0.4 is 5.32 Å². The zero-order valence-electron chi connectivity index (χ0n) is 15.5. The molecule has 7 heteroatoms. The van der Waals surface area contributed by atoms with Gasteiger partial charge in [-0.05, 0) is 47.0 Å². The highest BCUT2D eigenvalue weighted by Gasteiger charge is 2.29. The number of amides is 1. The van der Waals surface area contributed by atoms with E-state index in [4.69, 9.17) is 5.11 Å². The molecule has 0 fully saturated rings. The predicted molar refractivity (Wildman–Crippen MR) is 108 cm³/mol. The predicted octanol–water partition coefficient (Wildman–Crippen LogP) is 5.72. The quantitative estimate of drug-likeness (QED) is 0.528. The molecule has 3 aromatic carbocycles. The summed E-state index contributed by atoms with van der Waals surface area (Å²) in [5.41, 5.74) is 1.55. The van der Waals surface area contributed by atoms with Crippen molar-refractivity contribution in [1.29, 1.82) is 0 Å². The maximum absolute atomic E-state index is 12.7. The zero-order valence-corrected chi connectivity index (χ0v) is 15.5. The Morgan fingerprint density at radius 2 is 1.40 bits per heavy atom. The minimum Gasteiger partial charge on any atom is -0.478 e. The van der Waals surface area contributed by atoms with Gasteiger partial charge in [-0.3, -0.25) is 4.79 Å². The Kier molecular flexibility index (Phi) is 6.01. The van der Waals surface area contributed by atoms with Crippen LogP contribution in [0.25, 0.3) is 17.2 Å². The number of carboxylic acids is 1. The fourth-order valence-electron chi connectivity index (χ4n) is 2.76. The fourth-order valence-corrected chi connectivity index (χ4v) is 2.76. The molecule has 2 N–H and O–H groups in total. The molecule has 3 rings (SSSR count). The van der Waals surface area contributed by atoms with Crippen molar-refractivity contribution in [3.05, 3.63) is 95.6 Å². The normalized spacial score (nSPS) is 11.4. The van der Waals surface area contributed by atoms with Gasteiger partial charge in [0.1, 0.15) is 0 Å². The van der Waals surface area contributed by atoms with Gasteiger partial charge in [-0.15, -0.1) is 0 Å². The van der Waals surface area contributed by atoms with Gasteiger partial charge in [-0.2, -0.15) is 13.2 Å². The molecule has 1 amide bonds. The Morgan fingerprint density at radius 3 is 1.97 bits per heavy atom. The molecule has 0 atom stereocenters. The Labute approximate surface area is 170 Å². The summed E-state index contributed by atoms with van der Waals surface area (Å²) >= 11 is 0. The van der Waals surface area contributed by atoms with Crippen molar-refractivity contribution >= 4 is 23.6 Å². The van der Waals surface area contributed by atoms with Gasteiger partial charge >= 0.3 is 12.1 Å². The molecular weight excluding hydrogens is 395 g/mol. The first-order chi connectivity index (χ1) is 14.2. The van der Waals surface area contributed by atoms with E-state index in [0.717, 1.165) is 17.7 Å². The largest absolute Gasteiger partial charge is 0.478 e. The first-order valence-corrected chi connectivity index (χ1v) is 8.83. The molecule has 0 aliphatic heterocycles. The van der Waals surface area contributed by atoms with Gasteiger partial charge in [0.2, 0.25) is 5.91 Å². The summed E-state index contributed by atoms with van der Waals surface area (Å²) in [4.78, 5) is 23.3. The van der Waals surface area contributed by atoms with E-state index >= 15 is 0 Å². The monoisotopic (exact) mass is 411 g/mol. The van der Waals surface area contributed by atoms with Gasteiger partial charge in [0.15, 0.2) is 0 Å². The molecule has 0 aromatic heterocycles. The lowest BCUT2D eigenvalue weighted by Crippen LogP contribution is -2.11. The number of alkyl halides is 3. The summed E-state index contributed by atoms with van der Waals surface area (Å²) in [6.45, 7) is 0. The second-order valence-corrected chi connectivity index (χ2v) is 6.37. The van der Waals surface area contributed by atoms with Crippen molar-refractivity contribution in [2.24, 2.45) is 0 Å². The van der Waals surface area contributed by atoms with Crippen molar-refractivity contribution < 1.29 is 27.9 Å². The number of carbonyl (C=O) groups excluding carboxylic acids is 1. The number of nitrogens with one attached hydrogen (secondary N) is 1. The number of carbonyl (C=O) groups is 2. The number of halogens is 3. The Balaban J connectivity index is 1.67. The Hall–Kier alpha value is -3.87. The number of hydrogen-bond acceptors (Lipinski definition) is 2. The van der Waals surface area contributed by atoms with Crippen molar-refractivity contribution in [2.75, 3.05) is 5.32 Å². The molecule has 0 aliphatic rings. The minimum atomic E-state index is -4.38. The summed E-state index contributed by atoms with van der Waals surface area (Å²) in [6.07, 6.45) is -1.56. The minimum absolute atomic E-state index is 0.0138. The van der Waals surface area contributed by atoms with Crippen molar-refractivity contribution in [1.82, 2.24) is 0 Å². The third-order valence-corrected chi connectivity index (χ3v) is 4.30. The van der Waals surface area contributed by atoms with Crippen LogP contribution >= 0.6 is 0 Å². The van der Waals surface area contributed by atoms with Crippen LogP contribution in [-0.2, 0) is 11.0 Å². The van der Waals surface area contributed by atoms with Crippen LogP contribution in [0.2, 0.25) is 0 Å². The van der Waals surface area contributed by atoms with E-state index < -0.39 is 23.6 Å². The molecule has 0 saturated carbocycles. The lowest BCUT2D eigenvalue weighted by molar-refractivity contribution is -0.137. The number of aromatic carboxylic acids is 1. The van der Waals surface area contributed by atoms with E-state index in [-0.39, 0.29) is 11.3 Å². The molecule has 0 saturated heterocycles. The van der Waals surface area contributed by atoms with Gasteiger partial charge in [-0.25, -0.2) is 4.79 Å². The molecule has 4 nitrogen and oxygen atoms in total. The van der Waals surface area contributed by atoms with Gasteiger partial charge in [0.25, 0.3) is 0 Å². The van der Waals surface area contributed by atoms with Gasteiger partial charge in [0.05, 0.1) is 16.8 Å². The second kappa shape index (κ2) is 8.65. The summed E-state index contributed by atoms with van der Waals surface area (Å²) in [7, 11) is 0. The molecule has 0 heterocycles. The average molecular weight is 411 g/mol. The summed E-state index contributed by atoms with van der Waals surface area (Å²) in [5.74, 6) is -1.63. The number of anilines is 1. The highest BCUT2D eigenvalue weighted by atomic mass is 19.4. The van der Waals surface area contributed by atoms with Crippen LogP contribution in [0.15, 0.2) is 78.9 Å². The molecule has 152 valence electrons. The smallest absolute Gasteiger partial charge is 0.416 e. The molecule has 0 aliphatic carbocycles. The Bertz CT molecular complexity index is 1090. The third kappa shape index (κ3) is 5.14. The maximum atomic E-state index is 12.7. The lowest BCUT2D eigenvalue weighted by Gasteiger charge is -2.08. The fraction of sp³-hybridized carbons (Fsp3) is 0.0435. The average Bonchev–Trinajstić information content (AvgIpc) is 2.72. The molecule has 0 radical (unpaired) electrons. The zero-order chi connectivity index (χ0) is 21.7. The van der Waals surface area contributed by atoms with Crippen molar-refractivity contribution in [2.45, 2.75) is 6.18 Å². The van der Waals surface area contributed by atoms with Crippen LogP contribution in [0.4, 0.5) is 18.9 Å². The topological polar surface area (TPSA) is 66.4 Å². The van der Waals surface area contributed by atoms with E-state index in [1.54, 1.807) is 42.5 Å². The second-order valence-electron chi connectivity index (χ2n) is 6.37. The van der Waals surface area contributed by atoms with E-state index in [1.165, 1.54) is 30.3 Å². The molecule has 0 bridgehead atoms. The third-order valence-electron chi connectivity index (χ3n) is 4.30. The molecule has 0 spiro atoms. The SMILES string of the molecule is O=C(/C=C/c1ccc(-c2ccc(C(F)(F)F)cc2)cc1)Nc1ccccc1C(=O)O. The van der Waals surface area contributed by atoms with Crippen LogP contribution in [-0.4, -0.2) is 17.0 Å². The number of rotatable bonds is 5. The van der Waals surface area contributed by atoms with Gasteiger partial charge in [0, 0.05) is 6.08 Å². The van der Waals surface area contributed by atoms with E-state index in [2.05, 4.69) is 5.32 Å². The molecule has 0 unspecified atom stereocenters. The van der Waals surface area contributed by atoms with Crippen molar-refractivity contribution in [3.63, 3.8) is 0 Å². The van der Waals surface area contributed by atoms with Crippen LogP contribution in [0, 0.1) is 0 Å². The van der Waals surface area contributed by atoms with E-state index in [0.29, 0.717) is 11.1 Å². The van der Waals surface area contributed by atoms with E-state index in [1.807, 2.05) is 0 Å². The number of para-hydroxylation sites is 1. The first-order valence-electron chi connectivity index (χ1n) is 8.83. The van der Waals surface area contributed by atoms with Gasteiger partial charge < -0.3 is 10.4 Å². The Morgan fingerprint density at radius 1 is 0.833 bits per heavy atom. The van der Waals surface area contributed by atoms with Crippen LogP contribution in [0.3, 0.4) is 0 Å². The molecule has 3 aromatic rings. The number of benzene rings is 3. The highest BCUT2D eigenvalue weighted by Crippen LogP contribution is 2.31. The summed E-state index contributed by atoms with van der Waals surface area (Å²) in [6, 6.07) is 17.9. The molecule has 30 heavy (non-hydrogen) atoms. The van der Waals surface area contributed by atoms with Crippen molar-refractivity contribution in [3.8, 4) is 11.1 Å². The summed E-state index contributed by atoms with van der Waals surface area (Å²) in [5, 5.41) is 11.7. The highest BCUT2D eigenvalue weighted by molar-refractivity contribution is 6.06. The van der Waals surface area contributed by atoms with Gasteiger partial charge in [-0.1, -0.05) is 48.5 Å². The number of hydrogen-bond donors (Lipinski definition) is 2. The maximum Gasteiger partial charge on any atom is 0.416 e. The lowest BCUT2D eigenvalue weighted by atomic mass is 10.0. The van der Waals surface area contributed by atoms with Crippen LogP contribution in [0.1, 0.15) is 21.5 Å². The van der Waals surface area contributed by atoms with Crippen LogP contribution in [0.5, 0.6) is 0 Å². The molecular formula is C23H16F3NO3. The summed E-state index contributed by atoms with van der Waals surface area (Å²) < 4.78 is 38.0. The number of carboxylic acid groups (broad SMARTS) is 1. The van der Waals surface area contributed by atoms with E-state index in [9.17, 15) is 22.8 Å². The standard InChI is InChI=1S/C23H16F3NO3/c24-23(25,26)18-12-10-17(11-13-18)16-8-5-15(6-9-16)7-14-21(28)27-20-4-2-1-3-19(20)22(29)30/h1-14H,(H,27,28)(H,29,30)/b14-7+.